The van der Waals surface area contributed by atoms with E-state index in [1.54, 1.807) is 10.9 Å². The average Bonchev–Trinajstić information content (AvgIpc) is 3.41. The second-order valence-electron chi connectivity index (χ2n) is 7.26. The van der Waals surface area contributed by atoms with Crippen molar-refractivity contribution < 1.29 is 4.79 Å². The number of nitrogens with one attached hydrogen (secondary N) is 1. The van der Waals surface area contributed by atoms with Gasteiger partial charge in [-0.1, -0.05) is 23.4 Å². The normalized spacial score (nSPS) is 21.9. The molecule has 26 heavy (non-hydrogen) atoms. The molecule has 1 N–H and O–H groups in total. The smallest absolute Gasteiger partial charge is 0.276 e. The highest BCUT2D eigenvalue weighted by molar-refractivity contribution is 5.92. The van der Waals surface area contributed by atoms with Gasteiger partial charge in [0.2, 0.25) is 0 Å². The second kappa shape index (κ2) is 5.79. The molecule has 3 aromatic rings. The molecule has 1 spiro atoms. The summed E-state index contributed by atoms with van der Waals surface area (Å²) in [6.07, 6.45) is 7.86. The van der Waals surface area contributed by atoms with Crippen molar-refractivity contribution in [2.24, 2.45) is 0 Å². The molecule has 1 fully saturated rings. The molecule has 2 aliphatic rings. The van der Waals surface area contributed by atoms with Crippen molar-refractivity contribution in [3.63, 3.8) is 0 Å². The molecule has 0 radical (unpaired) electrons. The molecule has 1 aromatic carbocycles. The second-order valence-corrected chi connectivity index (χ2v) is 7.26. The lowest BCUT2D eigenvalue weighted by Gasteiger charge is -2.40. The first kappa shape index (κ1) is 15.3. The third kappa shape index (κ3) is 2.34. The van der Waals surface area contributed by atoms with E-state index in [2.05, 4.69) is 20.5 Å². The van der Waals surface area contributed by atoms with E-state index in [4.69, 9.17) is 0 Å². The summed E-state index contributed by atoms with van der Waals surface area (Å²) in [6, 6.07) is 9.71. The number of para-hydroxylation sites is 1. The molecular weight excluding hydrogens is 328 g/mol. The summed E-state index contributed by atoms with van der Waals surface area (Å²) in [5.74, 6) is -0.0424. The van der Waals surface area contributed by atoms with E-state index in [0.717, 1.165) is 44.5 Å². The lowest BCUT2D eigenvalue weighted by molar-refractivity contribution is 0.0627. The number of rotatable bonds is 2. The fourth-order valence-corrected chi connectivity index (χ4v) is 4.40. The molecule has 1 aliphatic carbocycles. The summed E-state index contributed by atoms with van der Waals surface area (Å²) in [5, 5.41) is 15.6. The predicted octanol–water partition coefficient (Wildman–Crippen LogP) is 2.11. The number of likely N-dealkylation sites (tertiary alicyclic amines) is 1. The van der Waals surface area contributed by atoms with Crippen molar-refractivity contribution in [2.45, 2.75) is 31.1 Å². The molecule has 1 amide bonds. The Morgan fingerprint density at radius 2 is 2.08 bits per heavy atom. The molecule has 0 bridgehead atoms. The van der Waals surface area contributed by atoms with Crippen molar-refractivity contribution in [3.05, 3.63) is 59.7 Å². The first-order valence-corrected chi connectivity index (χ1v) is 9.05. The Kier molecular flexibility index (Phi) is 3.41. The summed E-state index contributed by atoms with van der Waals surface area (Å²) in [4.78, 5) is 14.9. The van der Waals surface area contributed by atoms with Crippen molar-refractivity contribution in [3.8, 4) is 5.69 Å². The zero-order valence-corrected chi connectivity index (χ0v) is 14.4. The van der Waals surface area contributed by atoms with Gasteiger partial charge >= 0.3 is 0 Å². The van der Waals surface area contributed by atoms with E-state index in [1.165, 1.54) is 11.3 Å². The van der Waals surface area contributed by atoms with Gasteiger partial charge in [-0.05, 0) is 43.4 Å². The first-order valence-electron chi connectivity index (χ1n) is 9.05. The van der Waals surface area contributed by atoms with Gasteiger partial charge in [0.1, 0.15) is 0 Å². The van der Waals surface area contributed by atoms with Gasteiger partial charge < -0.3 is 4.90 Å². The predicted molar refractivity (Wildman–Crippen MR) is 95.1 cm³/mol. The number of carbonyl (C=O) groups excluding carboxylic acids is 1. The third-order valence-corrected chi connectivity index (χ3v) is 5.72. The number of carbonyl (C=O) groups is 1. The number of fused-ring (bicyclic) bond motifs is 2. The lowest BCUT2D eigenvalue weighted by Crippen LogP contribution is -2.48. The standard InChI is InChI=1S/C19H20N6O/c26-18(16-12-25(23-21-16)15-5-2-1-3-6-15)24-10-4-8-19(13-24)9-7-14-11-20-22-17(14)19/h1-3,5-6,11-12H,4,7-10,13H2,(H,20,22). The Bertz CT molecular complexity index is 946. The van der Waals surface area contributed by atoms with Crippen LogP contribution in [0.25, 0.3) is 5.69 Å². The molecule has 3 heterocycles. The van der Waals surface area contributed by atoms with Gasteiger partial charge in [0.05, 0.1) is 18.1 Å². The van der Waals surface area contributed by atoms with Crippen molar-refractivity contribution >= 4 is 5.91 Å². The zero-order valence-electron chi connectivity index (χ0n) is 14.4. The Morgan fingerprint density at radius 1 is 1.19 bits per heavy atom. The molecule has 0 saturated carbocycles. The van der Waals surface area contributed by atoms with E-state index in [0.29, 0.717) is 5.69 Å². The number of H-pyrrole nitrogens is 1. The number of aryl methyl sites for hydroxylation is 1. The highest BCUT2D eigenvalue weighted by Gasteiger charge is 2.44. The summed E-state index contributed by atoms with van der Waals surface area (Å²) in [6.45, 7) is 1.49. The maximum absolute atomic E-state index is 13.0. The minimum absolute atomic E-state index is 0.0230. The van der Waals surface area contributed by atoms with Crippen LogP contribution in [0.5, 0.6) is 0 Å². The molecular formula is C19H20N6O. The van der Waals surface area contributed by atoms with Crippen LogP contribution in [0.15, 0.2) is 42.7 Å². The van der Waals surface area contributed by atoms with Crippen LogP contribution in [0.3, 0.4) is 0 Å². The molecule has 7 heteroatoms. The van der Waals surface area contributed by atoms with Crippen LogP contribution in [-0.4, -0.2) is 49.1 Å². The monoisotopic (exact) mass is 348 g/mol. The summed E-state index contributed by atoms with van der Waals surface area (Å²) in [7, 11) is 0. The number of nitrogens with zero attached hydrogens (tertiary/aromatic N) is 5. The molecule has 1 saturated heterocycles. The van der Waals surface area contributed by atoms with E-state index >= 15 is 0 Å². The van der Waals surface area contributed by atoms with Crippen LogP contribution >= 0.6 is 0 Å². The number of benzene rings is 1. The highest BCUT2D eigenvalue weighted by atomic mass is 16.2. The van der Waals surface area contributed by atoms with Crippen LogP contribution in [-0.2, 0) is 11.8 Å². The van der Waals surface area contributed by atoms with Crippen molar-refractivity contribution in [2.75, 3.05) is 13.1 Å². The fraction of sp³-hybridized carbons (Fsp3) is 0.368. The van der Waals surface area contributed by atoms with E-state index in [9.17, 15) is 4.79 Å². The number of hydrogen-bond acceptors (Lipinski definition) is 4. The number of aromatic nitrogens is 5. The Morgan fingerprint density at radius 3 is 2.96 bits per heavy atom. The van der Waals surface area contributed by atoms with Crippen LogP contribution < -0.4 is 0 Å². The van der Waals surface area contributed by atoms with Crippen molar-refractivity contribution in [1.29, 1.82) is 0 Å². The van der Waals surface area contributed by atoms with Gasteiger partial charge in [0, 0.05) is 24.2 Å². The van der Waals surface area contributed by atoms with Gasteiger partial charge in [-0.25, -0.2) is 4.68 Å². The number of amides is 1. The first-order chi connectivity index (χ1) is 12.8. The molecule has 1 atom stereocenters. The van der Waals surface area contributed by atoms with Crippen molar-refractivity contribution in [1.82, 2.24) is 30.1 Å². The minimum Gasteiger partial charge on any atom is -0.336 e. The molecule has 132 valence electrons. The average molecular weight is 348 g/mol. The largest absolute Gasteiger partial charge is 0.336 e. The Balaban J connectivity index is 1.39. The van der Waals surface area contributed by atoms with Gasteiger partial charge in [-0.15, -0.1) is 5.10 Å². The summed E-state index contributed by atoms with van der Waals surface area (Å²) in [5.41, 5.74) is 3.84. The van der Waals surface area contributed by atoms with E-state index in [1.807, 2.05) is 41.4 Å². The van der Waals surface area contributed by atoms with Gasteiger partial charge in [0.15, 0.2) is 5.69 Å². The Labute approximate surface area is 151 Å². The maximum Gasteiger partial charge on any atom is 0.276 e. The topological polar surface area (TPSA) is 79.7 Å². The van der Waals surface area contributed by atoms with E-state index < -0.39 is 0 Å². The molecule has 1 aliphatic heterocycles. The van der Waals surface area contributed by atoms with Gasteiger partial charge in [-0.3, -0.25) is 9.89 Å². The SMILES string of the molecule is O=C(c1cn(-c2ccccc2)nn1)N1CCCC2(CCc3cn[nH]c32)C1. The summed E-state index contributed by atoms with van der Waals surface area (Å²) < 4.78 is 1.65. The quantitative estimate of drug-likeness (QED) is 0.769. The summed E-state index contributed by atoms with van der Waals surface area (Å²) >= 11 is 0. The zero-order chi connectivity index (χ0) is 17.6. The number of hydrogen-bond donors (Lipinski definition) is 1. The number of piperidine rings is 1. The maximum atomic E-state index is 13.0. The molecule has 2 aromatic heterocycles. The molecule has 5 rings (SSSR count). The fourth-order valence-electron chi connectivity index (χ4n) is 4.40. The van der Waals surface area contributed by atoms with Crippen LogP contribution in [0.4, 0.5) is 0 Å². The lowest BCUT2D eigenvalue weighted by atomic mass is 9.77. The van der Waals surface area contributed by atoms with Crippen LogP contribution in [0.2, 0.25) is 0 Å². The Hall–Kier alpha value is -2.96. The number of aromatic amines is 1. The molecule has 1 unspecified atom stereocenters. The minimum atomic E-state index is -0.0424. The highest BCUT2D eigenvalue weighted by Crippen LogP contribution is 2.43. The van der Waals surface area contributed by atoms with Gasteiger partial charge in [0.25, 0.3) is 5.91 Å². The van der Waals surface area contributed by atoms with Crippen LogP contribution in [0, 0.1) is 0 Å². The van der Waals surface area contributed by atoms with E-state index in [-0.39, 0.29) is 11.3 Å². The van der Waals surface area contributed by atoms with Crippen LogP contribution in [0.1, 0.15) is 41.0 Å². The molecule has 7 nitrogen and oxygen atoms in total. The van der Waals surface area contributed by atoms with Gasteiger partial charge in [-0.2, -0.15) is 5.10 Å². The third-order valence-electron chi connectivity index (χ3n) is 5.72.